The van der Waals surface area contributed by atoms with Crippen LogP contribution >= 0.6 is 0 Å². The molecule has 0 aliphatic rings. The number of esters is 1. The normalized spacial score (nSPS) is 16.5. The first-order valence-electron chi connectivity index (χ1n) is 7.81. The Morgan fingerprint density at radius 1 is 0.867 bits per heavy atom. The molecule has 0 spiro atoms. The fourth-order valence-corrected chi connectivity index (χ4v) is 1.84. The molecule has 30 heavy (non-hydrogen) atoms. The van der Waals surface area contributed by atoms with Gasteiger partial charge in [0.05, 0.1) is 18.6 Å². The third-order valence-electron chi connectivity index (χ3n) is 4.06. The highest BCUT2D eigenvalue weighted by molar-refractivity contribution is 5.76. The van der Waals surface area contributed by atoms with Crippen LogP contribution in [0.15, 0.2) is 0 Å². The van der Waals surface area contributed by atoms with Crippen molar-refractivity contribution in [2.45, 2.75) is 63.1 Å². The van der Waals surface area contributed by atoms with E-state index in [1.807, 2.05) is 0 Å². The van der Waals surface area contributed by atoms with Gasteiger partial charge in [0, 0.05) is 6.42 Å². The largest absolute Gasteiger partial charge is 0.442 e. The third-order valence-corrected chi connectivity index (χ3v) is 4.06. The van der Waals surface area contributed by atoms with Gasteiger partial charge in [-0.05, 0) is 13.3 Å². The predicted octanol–water partition coefficient (Wildman–Crippen LogP) is 4.70. The van der Waals surface area contributed by atoms with Crippen molar-refractivity contribution in [2.24, 2.45) is 5.41 Å². The fraction of sp³-hybridized carbons (Fsp3) is 0.929. The van der Waals surface area contributed by atoms with Crippen LogP contribution in [0, 0.1) is 5.41 Å². The summed E-state index contributed by atoms with van der Waals surface area (Å²) in [6.45, 7) is -0.863. The Kier molecular flexibility index (Phi) is 8.53. The number of hydrogen-bond acceptors (Lipinski definition) is 4. The first-order valence-corrected chi connectivity index (χ1v) is 7.81. The molecule has 0 bridgehead atoms. The molecule has 16 heteroatoms. The summed E-state index contributed by atoms with van der Waals surface area (Å²) in [6, 6.07) is 0. The standard InChI is InChI=1S/C14H16F12O4/c1-3-9(2,8(27)30-7(11(15,16)17)12(18,19)20)6-29-5-4-10(28,13(21,22)23)14(24,25)26/h7,28H,3-6H2,1-2H3. The summed E-state index contributed by atoms with van der Waals surface area (Å²) >= 11 is 0. The molecule has 0 fully saturated rings. The SMILES string of the molecule is CCC(C)(COCCC(O)(C(F)(F)F)C(F)(F)F)C(=O)OC(C(F)(F)F)C(F)(F)F. The van der Waals surface area contributed by atoms with Crippen molar-refractivity contribution >= 4 is 5.97 Å². The molecule has 0 saturated carbocycles. The van der Waals surface area contributed by atoms with E-state index in [1.54, 1.807) is 0 Å². The summed E-state index contributed by atoms with van der Waals surface area (Å²) in [5.41, 5.74) is -7.45. The molecule has 0 aromatic rings. The minimum Gasteiger partial charge on any atom is -0.442 e. The Labute approximate surface area is 161 Å². The maximum Gasteiger partial charge on any atom is 0.434 e. The number of aliphatic hydroxyl groups is 1. The molecule has 1 atom stereocenters. The van der Waals surface area contributed by atoms with Crippen molar-refractivity contribution in [3.8, 4) is 0 Å². The maximum atomic E-state index is 12.5. The Morgan fingerprint density at radius 3 is 1.57 bits per heavy atom. The molecule has 0 heterocycles. The van der Waals surface area contributed by atoms with Crippen molar-refractivity contribution in [1.82, 2.24) is 0 Å². The summed E-state index contributed by atoms with van der Waals surface area (Å²) in [5.74, 6) is -2.09. The summed E-state index contributed by atoms with van der Waals surface area (Å²) < 4.78 is 158. The zero-order valence-electron chi connectivity index (χ0n) is 15.1. The highest BCUT2D eigenvalue weighted by Gasteiger charge is 2.70. The van der Waals surface area contributed by atoms with Gasteiger partial charge in [0.2, 0.25) is 0 Å². The second-order valence-corrected chi connectivity index (χ2v) is 6.44. The minimum atomic E-state index is -6.16. The Hall–Kier alpha value is -1.45. The highest BCUT2D eigenvalue weighted by atomic mass is 19.4. The van der Waals surface area contributed by atoms with Gasteiger partial charge in [0.15, 0.2) is 0 Å². The second-order valence-electron chi connectivity index (χ2n) is 6.44. The molecule has 0 aromatic heterocycles. The Balaban J connectivity index is 5.25. The van der Waals surface area contributed by atoms with Crippen LogP contribution in [0.4, 0.5) is 52.7 Å². The number of carbonyl (C=O) groups is 1. The average Bonchev–Trinajstić information content (AvgIpc) is 2.51. The Morgan fingerprint density at radius 2 is 1.27 bits per heavy atom. The monoisotopic (exact) mass is 476 g/mol. The van der Waals surface area contributed by atoms with E-state index in [4.69, 9.17) is 5.11 Å². The van der Waals surface area contributed by atoms with Crippen LogP contribution < -0.4 is 0 Å². The van der Waals surface area contributed by atoms with Crippen LogP contribution in [0.2, 0.25) is 0 Å². The lowest BCUT2D eigenvalue weighted by atomic mass is 9.88. The van der Waals surface area contributed by atoms with Crippen LogP contribution in [0.3, 0.4) is 0 Å². The van der Waals surface area contributed by atoms with Gasteiger partial charge >= 0.3 is 30.7 Å². The predicted molar refractivity (Wildman–Crippen MR) is 72.9 cm³/mol. The smallest absolute Gasteiger partial charge is 0.434 e. The van der Waals surface area contributed by atoms with E-state index in [0.717, 1.165) is 13.8 Å². The summed E-state index contributed by atoms with van der Waals surface area (Å²) in [5, 5.41) is 8.91. The van der Waals surface area contributed by atoms with Crippen molar-refractivity contribution in [1.29, 1.82) is 0 Å². The van der Waals surface area contributed by atoms with Crippen molar-refractivity contribution < 1.29 is 72.1 Å². The number of ether oxygens (including phenoxy) is 2. The van der Waals surface area contributed by atoms with E-state index in [-0.39, 0.29) is 0 Å². The molecule has 0 amide bonds. The minimum absolute atomic E-state index is 0.545. The molecule has 0 aliphatic heterocycles. The molecule has 180 valence electrons. The number of halogens is 12. The van der Waals surface area contributed by atoms with E-state index >= 15 is 0 Å². The molecule has 0 aliphatic carbocycles. The molecule has 0 saturated heterocycles. The average molecular weight is 476 g/mol. The van der Waals surface area contributed by atoms with Crippen LogP contribution in [0.1, 0.15) is 26.7 Å². The molecule has 1 unspecified atom stereocenters. The second kappa shape index (κ2) is 8.96. The fourth-order valence-electron chi connectivity index (χ4n) is 1.84. The van der Waals surface area contributed by atoms with Gasteiger partial charge in [-0.1, -0.05) is 6.92 Å². The van der Waals surface area contributed by atoms with Crippen LogP contribution in [0.5, 0.6) is 0 Å². The zero-order chi connectivity index (χ0) is 24.4. The lowest BCUT2D eigenvalue weighted by Gasteiger charge is -2.33. The topological polar surface area (TPSA) is 55.8 Å². The van der Waals surface area contributed by atoms with Gasteiger partial charge in [-0.3, -0.25) is 4.79 Å². The first-order chi connectivity index (χ1) is 13.0. The van der Waals surface area contributed by atoms with Gasteiger partial charge in [-0.2, -0.15) is 52.7 Å². The summed E-state index contributed by atoms with van der Waals surface area (Å²) in [4.78, 5) is 11.8. The summed E-state index contributed by atoms with van der Waals surface area (Å²) in [7, 11) is 0. The van der Waals surface area contributed by atoms with E-state index in [2.05, 4.69) is 9.47 Å². The van der Waals surface area contributed by atoms with Gasteiger partial charge < -0.3 is 14.6 Å². The van der Waals surface area contributed by atoms with Crippen molar-refractivity contribution in [3.05, 3.63) is 0 Å². The summed E-state index contributed by atoms with van der Waals surface area (Å²) in [6.07, 6.45) is -31.5. The molecular weight excluding hydrogens is 460 g/mol. The molecule has 4 nitrogen and oxygen atoms in total. The number of alkyl halides is 12. The Bertz CT molecular complexity index is 549. The van der Waals surface area contributed by atoms with E-state index in [1.165, 1.54) is 0 Å². The highest BCUT2D eigenvalue weighted by Crippen LogP contribution is 2.45. The van der Waals surface area contributed by atoms with Crippen molar-refractivity contribution in [3.63, 3.8) is 0 Å². The van der Waals surface area contributed by atoms with Crippen LogP contribution in [-0.2, 0) is 14.3 Å². The van der Waals surface area contributed by atoms with Gasteiger partial charge in [-0.25, -0.2) is 0 Å². The van der Waals surface area contributed by atoms with Gasteiger partial charge in [0.25, 0.3) is 11.7 Å². The third kappa shape index (κ3) is 6.78. The molecule has 1 N–H and O–H groups in total. The number of hydrogen-bond donors (Lipinski definition) is 1. The van der Waals surface area contributed by atoms with Gasteiger partial charge in [0.1, 0.15) is 0 Å². The number of rotatable bonds is 8. The lowest BCUT2D eigenvalue weighted by molar-refractivity contribution is -0.371. The van der Waals surface area contributed by atoms with Crippen molar-refractivity contribution in [2.75, 3.05) is 13.2 Å². The first kappa shape index (κ1) is 28.5. The molecule has 0 aromatic carbocycles. The quantitative estimate of drug-likeness (QED) is 0.314. The van der Waals surface area contributed by atoms with Gasteiger partial charge in [-0.15, -0.1) is 0 Å². The molecule has 0 radical (unpaired) electrons. The maximum absolute atomic E-state index is 12.5. The van der Waals surface area contributed by atoms with E-state index < -0.39 is 73.8 Å². The van der Waals surface area contributed by atoms with E-state index in [0.29, 0.717) is 0 Å². The number of carbonyl (C=O) groups excluding carboxylic acids is 1. The van der Waals surface area contributed by atoms with Crippen LogP contribution in [0.25, 0.3) is 0 Å². The van der Waals surface area contributed by atoms with Crippen LogP contribution in [-0.4, -0.2) is 60.7 Å². The molecule has 0 rings (SSSR count). The lowest BCUT2D eigenvalue weighted by Crippen LogP contribution is -2.57. The molecular formula is C14H16F12O4. The zero-order valence-corrected chi connectivity index (χ0v) is 15.1. The van der Waals surface area contributed by atoms with E-state index in [9.17, 15) is 57.5 Å².